The number of carboxylic acid groups (broad SMARTS) is 1. The third-order valence-electron chi connectivity index (χ3n) is 2.72. The highest BCUT2D eigenvalue weighted by Gasteiger charge is 2.34. The predicted molar refractivity (Wildman–Crippen MR) is 47.9 cm³/mol. The molecule has 0 spiro atoms. The highest BCUT2D eigenvalue weighted by atomic mass is 16.4. The number of hydrogen-bond donors (Lipinski definition) is 1. The summed E-state index contributed by atoms with van der Waals surface area (Å²) in [5.74, 6) is -0.557. The standard InChI is InChI=1S/C10H16O2/c1-6(2)8-5-4-7(3)9(8)10(11)12/h7,9H,4-5H2,1-3H3,(H,11,12)/t7?,9-/m0/s1. The zero-order chi connectivity index (χ0) is 9.30. The minimum atomic E-state index is -0.656. The maximum Gasteiger partial charge on any atom is 0.310 e. The van der Waals surface area contributed by atoms with E-state index in [1.54, 1.807) is 0 Å². The van der Waals surface area contributed by atoms with Gasteiger partial charge in [-0.1, -0.05) is 18.1 Å². The van der Waals surface area contributed by atoms with Gasteiger partial charge in [0.25, 0.3) is 0 Å². The van der Waals surface area contributed by atoms with Crippen molar-refractivity contribution in [3.05, 3.63) is 11.1 Å². The van der Waals surface area contributed by atoms with Crippen molar-refractivity contribution in [2.75, 3.05) is 0 Å². The van der Waals surface area contributed by atoms with Crippen LogP contribution < -0.4 is 0 Å². The third-order valence-corrected chi connectivity index (χ3v) is 2.72. The quantitative estimate of drug-likeness (QED) is 0.610. The second kappa shape index (κ2) is 3.30. The summed E-state index contributed by atoms with van der Waals surface area (Å²) in [6.07, 6.45) is 2.00. The van der Waals surface area contributed by atoms with Gasteiger partial charge in [-0.3, -0.25) is 4.79 Å². The summed E-state index contributed by atoms with van der Waals surface area (Å²) in [6.45, 7) is 6.03. The molecular formula is C10H16O2. The molecule has 0 aromatic carbocycles. The normalized spacial score (nSPS) is 29.1. The van der Waals surface area contributed by atoms with Crippen molar-refractivity contribution in [1.29, 1.82) is 0 Å². The van der Waals surface area contributed by atoms with Crippen molar-refractivity contribution in [1.82, 2.24) is 0 Å². The van der Waals surface area contributed by atoms with Gasteiger partial charge in [0.15, 0.2) is 0 Å². The lowest BCUT2D eigenvalue weighted by molar-refractivity contribution is -0.141. The molecular weight excluding hydrogens is 152 g/mol. The largest absolute Gasteiger partial charge is 0.481 e. The molecule has 1 aliphatic carbocycles. The van der Waals surface area contributed by atoms with E-state index in [1.807, 2.05) is 20.8 Å². The number of allylic oxidation sites excluding steroid dienone is 1. The maximum atomic E-state index is 10.9. The fourth-order valence-corrected chi connectivity index (χ4v) is 2.00. The van der Waals surface area contributed by atoms with Crippen molar-refractivity contribution in [3.8, 4) is 0 Å². The monoisotopic (exact) mass is 168 g/mol. The smallest absolute Gasteiger partial charge is 0.310 e. The Labute approximate surface area is 73.3 Å². The number of hydrogen-bond acceptors (Lipinski definition) is 1. The molecule has 0 amide bonds. The second-order valence-electron chi connectivity index (χ2n) is 3.86. The van der Waals surface area contributed by atoms with E-state index in [0.717, 1.165) is 18.4 Å². The van der Waals surface area contributed by atoms with E-state index in [1.165, 1.54) is 5.57 Å². The second-order valence-corrected chi connectivity index (χ2v) is 3.86. The Morgan fingerprint density at radius 1 is 1.50 bits per heavy atom. The molecule has 1 rings (SSSR count). The minimum absolute atomic E-state index is 0.213. The molecule has 1 fully saturated rings. The molecule has 1 unspecified atom stereocenters. The molecule has 1 aliphatic rings. The third kappa shape index (κ3) is 1.52. The Hall–Kier alpha value is -0.790. The number of carboxylic acids is 1. The summed E-state index contributed by atoms with van der Waals surface area (Å²) < 4.78 is 0. The van der Waals surface area contributed by atoms with Crippen molar-refractivity contribution in [3.63, 3.8) is 0 Å². The van der Waals surface area contributed by atoms with Crippen molar-refractivity contribution >= 4 is 5.97 Å². The first kappa shape index (κ1) is 9.30. The number of carbonyl (C=O) groups is 1. The zero-order valence-corrected chi connectivity index (χ0v) is 7.92. The molecule has 0 aromatic rings. The van der Waals surface area contributed by atoms with Gasteiger partial charge < -0.3 is 5.11 Å². The van der Waals surface area contributed by atoms with Gasteiger partial charge in [-0.2, -0.15) is 0 Å². The van der Waals surface area contributed by atoms with Crippen molar-refractivity contribution in [2.45, 2.75) is 33.6 Å². The molecule has 2 heteroatoms. The van der Waals surface area contributed by atoms with Crippen molar-refractivity contribution < 1.29 is 9.90 Å². The molecule has 0 heterocycles. The summed E-state index contributed by atoms with van der Waals surface area (Å²) in [7, 11) is 0. The van der Waals surface area contributed by atoms with Crippen LogP contribution in [0.15, 0.2) is 11.1 Å². The van der Waals surface area contributed by atoms with E-state index in [9.17, 15) is 4.79 Å². The molecule has 0 aromatic heterocycles. The van der Waals surface area contributed by atoms with Crippen LogP contribution in [-0.4, -0.2) is 11.1 Å². The zero-order valence-electron chi connectivity index (χ0n) is 7.92. The topological polar surface area (TPSA) is 37.3 Å². The molecule has 1 N–H and O–H groups in total. The molecule has 12 heavy (non-hydrogen) atoms. The van der Waals surface area contributed by atoms with Crippen LogP contribution >= 0.6 is 0 Å². The Bertz CT molecular complexity index is 224. The predicted octanol–water partition coefficient (Wildman–Crippen LogP) is 2.45. The number of aliphatic carboxylic acids is 1. The number of rotatable bonds is 1. The molecule has 2 nitrogen and oxygen atoms in total. The van der Waals surface area contributed by atoms with Gasteiger partial charge in [-0.15, -0.1) is 0 Å². The fraction of sp³-hybridized carbons (Fsp3) is 0.700. The highest BCUT2D eigenvalue weighted by Crippen LogP contribution is 2.38. The Morgan fingerprint density at radius 3 is 2.42 bits per heavy atom. The van der Waals surface area contributed by atoms with E-state index < -0.39 is 5.97 Å². The first-order valence-corrected chi connectivity index (χ1v) is 4.43. The summed E-state index contributed by atoms with van der Waals surface area (Å²) in [6, 6.07) is 0. The Balaban J connectivity index is 2.93. The summed E-state index contributed by atoms with van der Waals surface area (Å²) in [4.78, 5) is 10.9. The molecule has 0 bridgehead atoms. The molecule has 0 radical (unpaired) electrons. The fourth-order valence-electron chi connectivity index (χ4n) is 2.00. The highest BCUT2D eigenvalue weighted by molar-refractivity contribution is 5.75. The van der Waals surface area contributed by atoms with E-state index in [0.29, 0.717) is 5.92 Å². The molecule has 0 aliphatic heterocycles. The Kier molecular flexibility index (Phi) is 2.55. The van der Waals surface area contributed by atoms with Gasteiger partial charge in [-0.25, -0.2) is 0 Å². The first-order valence-electron chi connectivity index (χ1n) is 4.43. The van der Waals surface area contributed by atoms with Crippen LogP contribution in [0.3, 0.4) is 0 Å². The summed E-state index contributed by atoms with van der Waals surface area (Å²) in [5, 5.41) is 8.97. The van der Waals surface area contributed by atoms with Crippen LogP contribution in [0.2, 0.25) is 0 Å². The lowest BCUT2D eigenvalue weighted by Gasteiger charge is -2.12. The molecule has 0 saturated heterocycles. The van der Waals surface area contributed by atoms with Crippen LogP contribution in [0.5, 0.6) is 0 Å². The van der Waals surface area contributed by atoms with E-state index in [2.05, 4.69) is 0 Å². The van der Waals surface area contributed by atoms with Crippen LogP contribution in [0.1, 0.15) is 33.6 Å². The van der Waals surface area contributed by atoms with Gasteiger partial charge >= 0.3 is 5.97 Å². The van der Waals surface area contributed by atoms with Gasteiger partial charge in [0.1, 0.15) is 0 Å². The van der Waals surface area contributed by atoms with Gasteiger partial charge in [0.2, 0.25) is 0 Å². The van der Waals surface area contributed by atoms with E-state index >= 15 is 0 Å². The lowest BCUT2D eigenvalue weighted by Crippen LogP contribution is -2.18. The van der Waals surface area contributed by atoms with Crippen LogP contribution in [0.25, 0.3) is 0 Å². The van der Waals surface area contributed by atoms with E-state index in [-0.39, 0.29) is 5.92 Å². The van der Waals surface area contributed by atoms with Crippen LogP contribution in [-0.2, 0) is 4.79 Å². The summed E-state index contributed by atoms with van der Waals surface area (Å²) in [5.41, 5.74) is 2.33. The molecule has 68 valence electrons. The van der Waals surface area contributed by atoms with E-state index in [4.69, 9.17) is 5.11 Å². The maximum absolute atomic E-state index is 10.9. The minimum Gasteiger partial charge on any atom is -0.481 e. The van der Waals surface area contributed by atoms with Crippen molar-refractivity contribution in [2.24, 2.45) is 11.8 Å². The molecule has 1 saturated carbocycles. The SMILES string of the molecule is CC(C)=C1CCC(C)[C@@H]1C(=O)O. The van der Waals surface area contributed by atoms with Gasteiger partial charge in [0, 0.05) is 0 Å². The van der Waals surface area contributed by atoms with Gasteiger partial charge in [-0.05, 0) is 32.6 Å². The molecule has 2 atom stereocenters. The first-order chi connectivity index (χ1) is 5.54. The van der Waals surface area contributed by atoms with Gasteiger partial charge in [0.05, 0.1) is 5.92 Å². The Morgan fingerprint density at radius 2 is 2.08 bits per heavy atom. The lowest BCUT2D eigenvalue weighted by atomic mass is 9.93. The van der Waals surface area contributed by atoms with Crippen LogP contribution in [0.4, 0.5) is 0 Å². The van der Waals surface area contributed by atoms with Crippen LogP contribution in [0, 0.1) is 11.8 Å². The average Bonchev–Trinajstić information content (AvgIpc) is 2.30. The summed E-state index contributed by atoms with van der Waals surface area (Å²) >= 11 is 0. The average molecular weight is 168 g/mol.